The van der Waals surface area contributed by atoms with Crippen LogP contribution < -0.4 is 0 Å². The molecule has 3 heterocycles. The molecule has 5 rings (SSSR count). The van der Waals surface area contributed by atoms with Gasteiger partial charge in [-0.3, -0.25) is 10.2 Å². The molecule has 1 N–H and O–H groups in total. The number of carbonyl (C=O) groups excluding carboxylic acids is 1. The molecule has 0 fully saturated rings. The quantitative estimate of drug-likeness (QED) is 0.503. The molecule has 0 aliphatic carbocycles. The number of carbonyl (C=O) groups is 1. The van der Waals surface area contributed by atoms with Crippen LogP contribution in [0.25, 0.3) is 11.8 Å². The highest BCUT2D eigenvalue weighted by atomic mass is 32.2. The number of aliphatic imine (C=N–C) groups is 1. The Labute approximate surface area is 203 Å². The Morgan fingerprint density at radius 2 is 1.74 bits per heavy atom. The number of aryl methyl sites for hydroxylation is 4. The first-order chi connectivity index (χ1) is 16.2. The first kappa shape index (κ1) is 22.1. The molecule has 0 saturated heterocycles. The van der Waals surface area contributed by atoms with Crippen molar-refractivity contribution in [3.05, 3.63) is 93.3 Å². The average molecular weight is 468 g/mol. The monoisotopic (exact) mass is 467 g/mol. The highest BCUT2D eigenvalue weighted by molar-refractivity contribution is 8.27. The molecule has 0 radical (unpaired) electrons. The Hall–Kier alpha value is -3.71. The third-order valence-electron chi connectivity index (χ3n) is 6.19. The van der Waals surface area contributed by atoms with Crippen LogP contribution in [-0.4, -0.2) is 31.5 Å². The van der Waals surface area contributed by atoms with Crippen LogP contribution in [0.15, 0.2) is 64.2 Å². The van der Waals surface area contributed by atoms with E-state index in [2.05, 4.69) is 53.6 Å². The highest BCUT2D eigenvalue weighted by Crippen LogP contribution is 2.33. The number of benzene rings is 2. The summed E-state index contributed by atoms with van der Waals surface area (Å²) in [5.74, 6) is -0.372. The maximum absolute atomic E-state index is 12.9. The zero-order valence-electron chi connectivity index (χ0n) is 19.8. The minimum atomic E-state index is -0.415. The van der Waals surface area contributed by atoms with Crippen LogP contribution in [0.1, 0.15) is 39.2 Å². The van der Waals surface area contributed by atoms with Gasteiger partial charge in [0, 0.05) is 22.6 Å². The fraction of sp³-hybridized carbons (Fsp3) is 0.185. The van der Waals surface area contributed by atoms with E-state index in [4.69, 9.17) is 5.41 Å². The maximum Gasteiger partial charge on any atom is 0.283 e. The zero-order chi connectivity index (χ0) is 24.1. The van der Waals surface area contributed by atoms with E-state index in [0.29, 0.717) is 5.17 Å². The highest BCUT2D eigenvalue weighted by Gasteiger charge is 2.36. The van der Waals surface area contributed by atoms with Crippen LogP contribution in [0.4, 0.5) is 0 Å². The Morgan fingerprint density at radius 3 is 2.47 bits per heavy atom. The van der Waals surface area contributed by atoms with Crippen LogP contribution in [0.5, 0.6) is 0 Å². The van der Waals surface area contributed by atoms with Crippen LogP contribution in [0, 0.1) is 40.0 Å². The fourth-order valence-electron chi connectivity index (χ4n) is 4.43. The molecule has 3 aromatic rings. The third-order valence-corrected chi connectivity index (χ3v) is 7.14. The summed E-state index contributed by atoms with van der Waals surface area (Å²) in [4.78, 5) is 17.2. The van der Waals surface area contributed by atoms with Crippen molar-refractivity contribution in [2.24, 2.45) is 10.1 Å². The van der Waals surface area contributed by atoms with Gasteiger partial charge in [0.25, 0.3) is 5.91 Å². The molecule has 2 aliphatic heterocycles. The predicted octanol–water partition coefficient (Wildman–Crippen LogP) is 5.69. The second-order valence-corrected chi connectivity index (χ2v) is 9.65. The molecule has 0 spiro atoms. The van der Waals surface area contributed by atoms with Crippen molar-refractivity contribution < 1.29 is 4.79 Å². The fourth-order valence-corrected chi connectivity index (χ4v) is 5.41. The van der Waals surface area contributed by atoms with Crippen LogP contribution >= 0.6 is 11.8 Å². The number of nitrogens with zero attached hydrogens (tertiary/aromatic N) is 4. The summed E-state index contributed by atoms with van der Waals surface area (Å²) < 4.78 is 2.19. The first-order valence-corrected chi connectivity index (χ1v) is 11.9. The number of rotatable bonds is 3. The van der Waals surface area contributed by atoms with Gasteiger partial charge < -0.3 is 4.57 Å². The van der Waals surface area contributed by atoms with E-state index in [0.717, 1.165) is 38.8 Å². The minimum absolute atomic E-state index is 0.0439. The lowest BCUT2D eigenvalue weighted by molar-refractivity contribution is -0.114. The lowest BCUT2D eigenvalue weighted by atomic mass is 10.1. The van der Waals surface area contributed by atoms with Crippen LogP contribution in [-0.2, 0) is 4.79 Å². The van der Waals surface area contributed by atoms with Gasteiger partial charge in [0.1, 0.15) is 5.04 Å². The predicted molar refractivity (Wildman–Crippen MR) is 140 cm³/mol. The van der Waals surface area contributed by atoms with Gasteiger partial charge in [-0.1, -0.05) is 42.0 Å². The normalized spacial score (nSPS) is 16.7. The van der Waals surface area contributed by atoms with Crippen molar-refractivity contribution in [2.45, 2.75) is 34.6 Å². The molecule has 170 valence electrons. The number of hydrogen-bond acceptors (Lipinski definition) is 4. The number of amides is 1. The number of thioether (sulfide) groups is 1. The van der Waals surface area contributed by atoms with Crippen molar-refractivity contribution in [2.75, 3.05) is 0 Å². The Balaban J connectivity index is 1.53. The van der Waals surface area contributed by atoms with Gasteiger partial charge in [0.15, 0.2) is 5.84 Å². The lowest BCUT2D eigenvalue weighted by Crippen LogP contribution is -2.35. The third kappa shape index (κ3) is 3.62. The van der Waals surface area contributed by atoms with Crippen molar-refractivity contribution in [1.29, 1.82) is 5.41 Å². The average Bonchev–Trinajstić information content (AvgIpc) is 3.32. The molecule has 0 saturated carbocycles. The number of nitrogens with one attached hydrogen (secondary N) is 1. The zero-order valence-corrected chi connectivity index (χ0v) is 20.6. The van der Waals surface area contributed by atoms with Crippen molar-refractivity contribution in [3.63, 3.8) is 0 Å². The maximum atomic E-state index is 12.9. The number of fused-ring (bicyclic) bond motifs is 1. The van der Waals surface area contributed by atoms with E-state index in [1.807, 2.05) is 44.2 Å². The standard InChI is InChI=1S/C27H25N5OS/c1-15-10-11-23(17(3)12-15)31-18(4)13-20(19(31)5)14-22-24(28)32-27(29-25(22)33)34-26(30-32)21-9-7-6-8-16(21)2/h6-14,28H,1-5H3/b22-14-,28-24?. The molecule has 1 amide bonds. The van der Waals surface area contributed by atoms with E-state index in [1.54, 1.807) is 6.08 Å². The molecule has 6 nitrogen and oxygen atoms in total. The molecule has 7 heteroatoms. The van der Waals surface area contributed by atoms with Gasteiger partial charge in [-0.25, -0.2) is 0 Å². The van der Waals surface area contributed by atoms with Gasteiger partial charge >= 0.3 is 0 Å². The van der Waals surface area contributed by atoms with E-state index in [9.17, 15) is 4.79 Å². The summed E-state index contributed by atoms with van der Waals surface area (Å²) in [6, 6.07) is 16.4. The Bertz CT molecular complexity index is 1470. The molecule has 2 aliphatic rings. The van der Waals surface area contributed by atoms with Gasteiger partial charge in [0.05, 0.1) is 5.57 Å². The summed E-state index contributed by atoms with van der Waals surface area (Å²) in [7, 11) is 0. The minimum Gasteiger partial charge on any atom is -0.318 e. The summed E-state index contributed by atoms with van der Waals surface area (Å²) in [6.07, 6.45) is 1.76. The second kappa shape index (κ2) is 8.25. The van der Waals surface area contributed by atoms with Crippen LogP contribution in [0.3, 0.4) is 0 Å². The first-order valence-electron chi connectivity index (χ1n) is 11.1. The van der Waals surface area contributed by atoms with E-state index >= 15 is 0 Å². The molecule has 0 bridgehead atoms. The molecule has 0 atom stereocenters. The number of amidine groups is 2. The van der Waals surface area contributed by atoms with Gasteiger partial charge in [-0.15, -0.1) is 0 Å². The molecular weight excluding hydrogens is 442 g/mol. The topological polar surface area (TPSA) is 73.8 Å². The Morgan fingerprint density at radius 1 is 0.971 bits per heavy atom. The molecule has 2 aromatic carbocycles. The Kier molecular flexibility index (Phi) is 5.37. The summed E-state index contributed by atoms with van der Waals surface area (Å²) in [5, 5.41) is 16.0. The second-order valence-electron chi connectivity index (χ2n) is 8.69. The molecular formula is C27H25N5OS. The van der Waals surface area contributed by atoms with Gasteiger partial charge in [-0.2, -0.15) is 15.1 Å². The number of aromatic nitrogens is 1. The van der Waals surface area contributed by atoms with Gasteiger partial charge in [0.2, 0.25) is 5.17 Å². The largest absolute Gasteiger partial charge is 0.318 e. The summed E-state index contributed by atoms with van der Waals surface area (Å²) >= 11 is 1.32. The van der Waals surface area contributed by atoms with Gasteiger partial charge in [-0.05, 0) is 81.3 Å². The SMILES string of the molecule is Cc1ccc(-n2c(C)cc(/C=C3/C(=N)N4N=C(c5ccccc5C)SC4=NC3=O)c2C)c(C)c1. The molecule has 1 aromatic heterocycles. The van der Waals surface area contributed by atoms with Crippen molar-refractivity contribution in [3.8, 4) is 5.69 Å². The smallest absolute Gasteiger partial charge is 0.283 e. The molecule has 0 unspecified atom stereocenters. The van der Waals surface area contributed by atoms with E-state index in [-0.39, 0.29) is 11.4 Å². The number of hydrogen-bond donors (Lipinski definition) is 1. The molecule has 34 heavy (non-hydrogen) atoms. The summed E-state index contributed by atoms with van der Waals surface area (Å²) in [6.45, 7) is 10.3. The van der Waals surface area contributed by atoms with E-state index < -0.39 is 5.91 Å². The lowest BCUT2D eigenvalue weighted by Gasteiger charge is -2.20. The van der Waals surface area contributed by atoms with Crippen molar-refractivity contribution >= 4 is 39.8 Å². The van der Waals surface area contributed by atoms with Crippen molar-refractivity contribution in [1.82, 2.24) is 9.58 Å². The van der Waals surface area contributed by atoms with Crippen LogP contribution in [0.2, 0.25) is 0 Å². The van der Waals surface area contributed by atoms with E-state index in [1.165, 1.54) is 27.9 Å². The summed E-state index contributed by atoms with van der Waals surface area (Å²) in [5.41, 5.74) is 8.77. The number of hydrazone groups is 1.